The molecular weight excluding hydrogens is 361 g/mol. The highest BCUT2D eigenvalue weighted by atomic mass is 19.4. The van der Waals surface area contributed by atoms with Crippen LogP contribution in [0.5, 0.6) is 0 Å². The third kappa shape index (κ3) is 3.71. The number of aromatic nitrogens is 2. The molecule has 0 bridgehead atoms. The molecule has 0 aliphatic carbocycles. The molecule has 142 valence electrons. The fourth-order valence-electron chi connectivity index (χ4n) is 2.85. The van der Waals surface area contributed by atoms with Crippen LogP contribution in [0, 0.1) is 12.8 Å². The highest BCUT2D eigenvalue weighted by Gasteiger charge is 2.36. The largest absolute Gasteiger partial charge is 0.418 e. The lowest BCUT2D eigenvalue weighted by Crippen LogP contribution is -2.54. The molecule has 0 spiro atoms. The Bertz CT molecular complexity index is 898. The molecule has 0 radical (unpaired) electrons. The summed E-state index contributed by atoms with van der Waals surface area (Å²) < 4.78 is 41.0. The molecule has 1 N–H and O–H groups in total. The standard InChI is InChI=1S/C18H17F3N4O2/c1-3-16(26)24-9-12(10-24)17(27)22-15-8-11(2)23-25(15)14-7-5-4-6-13(14)18(19,20)21/h3-8,12H,1,9-10H2,2H3,(H,22,27). The number of para-hydroxylation sites is 1. The number of amides is 2. The van der Waals surface area contributed by atoms with E-state index in [-0.39, 0.29) is 36.4 Å². The van der Waals surface area contributed by atoms with Crippen LogP contribution in [0.25, 0.3) is 5.69 Å². The first-order chi connectivity index (χ1) is 12.7. The molecule has 1 aromatic heterocycles. The van der Waals surface area contributed by atoms with Crippen molar-refractivity contribution in [2.45, 2.75) is 13.1 Å². The first-order valence-electron chi connectivity index (χ1n) is 8.16. The van der Waals surface area contributed by atoms with Crippen molar-refractivity contribution in [1.82, 2.24) is 14.7 Å². The number of hydrogen-bond donors (Lipinski definition) is 1. The number of likely N-dealkylation sites (tertiary alicyclic amines) is 1. The summed E-state index contributed by atoms with van der Waals surface area (Å²) in [5.41, 5.74) is -0.570. The summed E-state index contributed by atoms with van der Waals surface area (Å²) in [7, 11) is 0. The van der Waals surface area contributed by atoms with Gasteiger partial charge in [-0.25, -0.2) is 4.68 Å². The van der Waals surface area contributed by atoms with Crippen LogP contribution < -0.4 is 5.32 Å². The maximum Gasteiger partial charge on any atom is 0.418 e. The van der Waals surface area contributed by atoms with E-state index in [4.69, 9.17) is 0 Å². The van der Waals surface area contributed by atoms with E-state index in [0.717, 1.165) is 10.7 Å². The number of benzene rings is 1. The number of carbonyl (C=O) groups excluding carboxylic acids is 2. The highest BCUT2D eigenvalue weighted by molar-refractivity contribution is 5.95. The van der Waals surface area contributed by atoms with E-state index < -0.39 is 17.7 Å². The number of rotatable bonds is 4. The monoisotopic (exact) mass is 378 g/mol. The van der Waals surface area contributed by atoms with Gasteiger partial charge in [0, 0.05) is 19.2 Å². The number of aryl methyl sites for hydroxylation is 1. The highest BCUT2D eigenvalue weighted by Crippen LogP contribution is 2.34. The summed E-state index contributed by atoms with van der Waals surface area (Å²) in [6, 6.07) is 6.51. The van der Waals surface area contributed by atoms with E-state index in [1.54, 1.807) is 6.92 Å². The van der Waals surface area contributed by atoms with Crippen molar-refractivity contribution in [1.29, 1.82) is 0 Å². The smallest absolute Gasteiger partial charge is 0.337 e. The van der Waals surface area contributed by atoms with Crippen molar-refractivity contribution in [2.24, 2.45) is 5.92 Å². The fourth-order valence-corrected chi connectivity index (χ4v) is 2.85. The average molecular weight is 378 g/mol. The topological polar surface area (TPSA) is 67.2 Å². The van der Waals surface area contributed by atoms with Gasteiger partial charge in [-0.1, -0.05) is 18.7 Å². The lowest BCUT2D eigenvalue weighted by Gasteiger charge is -2.37. The summed E-state index contributed by atoms with van der Waals surface area (Å²) in [5.74, 6) is -0.939. The molecule has 2 heterocycles. The molecular formula is C18H17F3N4O2. The van der Waals surface area contributed by atoms with Crippen LogP contribution in [0.2, 0.25) is 0 Å². The summed E-state index contributed by atoms with van der Waals surface area (Å²) in [6.45, 7) is 5.48. The van der Waals surface area contributed by atoms with E-state index in [2.05, 4.69) is 17.0 Å². The second kappa shape index (κ2) is 6.90. The number of alkyl halides is 3. The van der Waals surface area contributed by atoms with Gasteiger partial charge in [-0.3, -0.25) is 9.59 Å². The van der Waals surface area contributed by atoms with Gasteiger partial charge in [0.1, 0.15) is 5.82 Å². The second-order valence-electron chi connectivity index (χ2n) is 6.23. The Hall–Kier alpha value is -3.10. The first-order valence-corrected chi connectivity index (χ1v) is 8.16. The minimum atomic E-state index is -4.56. The molecule has 2 amide bonds. The van der Waals surface area contributed by atoms with Crippen LogP contribution in [0.1, 0.15) is 11.3 Å². The summed E-state index contributed by atoms with van der Waals surface area (Å²) in [5, 5.41) is 6.71. The van der Waals surface area contributed by atoms with E-state index in [1.807, 2.05) is 0 Å². The summed E-state index contributed by atoms with van der Waals surface area (Å²) >= 11 is 0. The van der Waals surface area contributed by atoms with E-state index >= 15 is 0 Å². The third-order valence-corrected chi connectivity index (χ3v) is 4.26. The number of nitrogens with one attached hydrogen (secondary N) is 1. The quantitative estimate of drug-likeness (QED) is 0.832. The molecule has 0 atom stereocenters. The fraction of sp³-hybridized carbons (Fsp3) is 0.278. The van der Waals surface area contributed by atoms with Crippen LogP contribution in [-0.4, -0.2) is 39.6 Å². The SMILES string of the molecule is C=CC(=O)N1CC(C(=O)Nc2cc(C)nn2-c2ccccc2C(F)(F)F)C1. The minimum Gasteiger partial charge on any atom is -0.337 e. The maximum atomic E-state index is 13.3. The van der Waals surface area contributed by atoms with Crippen molar-refractivity contribution < 1.29 is 22.8 Å². The Morgan fingerprint density at radius 2 is 1.96 bits per heavy atom. The van der Waals surface area contributed by atoms with Gasteiger partial charge in [0.15, 0.2) is 0 Å². The van der Waals surface area contributed by atoms with Gasteiger partial charge in [0.25, 0.3) is 0 Å². The summed E-state index contributed by atoms with van der Waals surface area (Å²) in [4.78, 5) is 25.3. The molecule has 0 unspecified atom stereocenters. The van der Waals surface area contributed by atoms with Crippen molar-refractivity contribution in [2.75, 3.05) is 18.4 Å². The Kier molecular flexibility index (Phi) is 4.77. The van der Waals surface area contributed by atoms with E-state index in [0.29, 0.717) is 5.69 Å². The third-order valence-electron chi connectivity index (χ3n) is 4.26. The Morgan fingerprint density at radius 3 is 2.59 bits per heavy atom. The van der Waals surface area contributed by atoms with Crippen LogP contribution >= 0.6 is 0 Å². The van der Waals surface area contributed by atoms with E-state index in [9.17, 15) is 22.8 Å². The molecule has 1 aliphatic heterocycles. The minimum absolute atomic E-state index is 0.141. The molecule has 0 saturated carbocycles. The number of hydrogen-bond acceptors (Lipinski definition) is 3. The van der Waals surface area contributed by atoms with Crippen molar-refractivity contribution in [3.05, 3.63) is 54.2 Å². The van der Waals surface area contributed by atoms with Gasteiger partial charge >= 0.3 is 6.18 Å². The predicted molar refractivity (Wildman–Crippen MR) is 92.2 cm³/mol. The van der Waals surface area contributed by atoms with Crippen LogP contribution in [0.3, 0.4) is 0 Å². The van der Waals surface area contributed by atoms with Crippen molar-refractivity contribution in [3.8, 4) is 5.69 Å². The summed E-state index contributed by atoms with van der Waals surface area (Å²) in [6.07, 6.45) is -3.39. The molecule has 2 aromatic rings. The lowest BCUT2D eigenvalue weighted by atomic mass is 9.99. The number of halogens is 3. The molecule has 1 fully saturated rings. The normalized spacial score (nSPS) is 14.6. The average Bonchev–Trinajstić information content (AvgIpc) is 2.92. The zero-order valence-corrected chi connectivity index (χ0v) is 14.5. The van der Waals surface area contributed by atoms with E-state index in [1.165, 1.54) is 35.2 Å². The predicted octanol–water partition coefficient (Wildman–Crippen LogP) is 2.78. The zero-order valence-electron chi connectivity index (χ0n) is 14.5. The van der Waals surface area contributed by atoms with Gasteiger partial charge in [-0.15, -0.1) is 0 Å². The molecule has 1 aliphatic rings. The molecule has 6 nitrogen and oxygen atoms in total. The van der Waals surface area contributed by atoms with Crippen molar-refractivity contribution in [3.63, 3.8) is 0 Å². The number of carbonyl (C=O) groups is 2. The lowest BCUT2D eigenvalue weighted by molar-refractivity contribution is -0.138. The van der Waals surface area contributed by atoms with Gasteiger partial charge in [-0.05, 0) is 25.1 Å². The zero-order chi connectivity index (χ0) is 19.8. The Balaban J connectivity index is 1.83. The molecule has 27 heavy (non-hydrogen) atoms. The van der Waals surface area contributed by atoms with Gasteiger partial charge in [-0.2, -0.15) is 18.3 Å². The van der Waals surface area contributed by atoms with Crippen LogP contribution in [0.15, 0.2) is 43.0 Å². The van der Waals surface area contributed by atoms with Crippen LogP contribution in [-0.2, 0) is 15.8 Å². The molecule has 1 aromatic carbocycles. The maximum absolute atomic E-state index is 13.3. The van der Waals surface area contributed by atoms with Crippen molar-refractivity contribution >= 4 is 17.6 Å². The number of anilines is 1. The molecule has 1 saturated heterocycles. The molecule has 3 rings (SSSR count). The number of nitrogens with zero attached hydrogens (tertiary/aromatic N) is 3. The second-order valence-corrected chi connectivity index (χ2v) is 6.23. The Labute approximate surface area is 153 Å². The Morgan fingerprint density at radius 1 is 1.30 bits per heavy atom. The van der Waals surface area contributed by atoms with Gasteiger partial charge in [0.05, 0.1) is 22.9 Å². The van der Waals surface area contributed by atoms with Gasteiger partial charge < -0.3 is 10.2 Å². The van der Waals surface area contributed by atoms with Gasteiger partial charge in [0.2, 0.25) is 11.8 Å². The first kappa shape index (κ1) is 18.7. The van der Waals surface area contributed by atoms with Crippen LogP contribution in [0.4, 0.5) is 19.0 Å². The molecule has 9 heteroatoms.